The summed E-state index contributed by atoms with van der Waals surface area (Å²) in [6.07, 6.45) is 4.90. The Labute approximate surface area is 223 Å². The van der Waals surface area contributed by atoms with E-state index in [9.17, 15) is 9.59 Å². The number of fused-ring (bicyclic) bond motifs is 1. The molecule has 8 heteroatoms. The second-order valence-electron chi connectivity index (χ2n) is 9.01. The van der Waals surface area contributed by atoms with E-state index in [0.29, 0.717) is 23.6 Å². The third kappa shape index (κ3) is 6.39. The number of hydrogen-bond donors (Lipinski definition) is 2. The molecule has 0 bridgehead atoms. The van der Waals surface area contributed by atoms with Crippen LogP contribution in [0.15, 0.2) is 90.5 Å². The number of nitrogens with zero attached hydrogens (tertiary/aromatic N) is 2. The molecule has 1 atom stereocenters. The van der Waals surface area contributed by atoms with Gasteiger partial charge in [0.25, 0.3) is 5.91 Å². The summed E-state index contributed by atoms with van der Waals surface area (Å²) in [6, 6.07) is 19.0. The summed E-state index contributed by atoms with van der Waals surface area (Å²) < 4.78 is 11.6. The highest BCUT2D eigenvalue weighted by Gasteiger charge is 2.33. The molecule has 8 nitrogen and oxygen atoms in total. The fourth-order valence-electron chi connectivity index (χ4n) is 4.27. The smallest absolute Gasteiger partial charge is 0.258 e. The number of rotatable bonds is 9. The van der Waals surface area contributed by atoms with Gasteiger partial charge in [-0.1, -0.05) is 24.3 Å². The average molecular weight is 513 g/mol. The first-order valence-electron chi connectivity index (χ1n) is 12.3. The van der Waals surface area contributed by atoms with Gasteiger partial charge in [-0.05, 0) is 68.0 Å². The van der Waals surface area contributed by atoms with Gasteiger partial charge in [0.1, 0.15) is 18.5 Å². The predicted molar refractivity (Wildman–Crippen MR) is 146 cm³/mol. The third-order valence-corrected chi connectivity index (χ3v) is 6.10. The Hall–Kier alpha value is -4.59. The largest absolute Gasteiger partial charge is 0.496 e. The van der Waals surface area contributed by atoms with Gasteiger partial charge in [-0.25, -0.2) is 0 Å². The third-order valence-electron chi connectivity index (χ3n) is 6.10. The Kier molecular flexibility index (Phi) is 8.43. The minimum Gasteiger partial charge on any atom is -0.496 e. The SMILES string of the molecule is COc1ccc(C2Nc3ccccc3C(=O)N2Cc2ccccn2)cc1COC(C)=CC=C(C)NC(C)=O. The zero-order valence-electron chi connectivity index (χ0n) is 22.0. The van der Waals surface area contributed by atoms with Gasteiger partial charge in [0, 0.05) is 30.1 Å². The van der Waals surface area contributed by atoms with Gasteiger partial charge < -0.3 is 25.0 Å². The molecule has 196 valence electrons. The molecule has 4 rings (SSSR count). The standard InChI is InChI=1S/C30H32N4O4/c1-20(32-22(3)35)12-13-21(2)38-19-24-17-23(14-15-28(24)37-4)29-33-27-11-6-5-10-26(27)30(36)34(29)18-25-9-7-8-16-31-25/h5-17,29,33H,18-19H2,1-4H3,(H,32,35). The summed E-state index contributed by atoms with van der Waals surface area (Å²) in [5.41, 5.74) is 4.67. The lowest BCUT2D eigenvalue weighted by atomic mass is 10.0. The Bertz CT molecular complexity index is 1370. The molecule has 2 aromatic carbocycles. The number of carbonyl (C=O) groups is 2. The normalized spacial score (nSPS) is 15.4. The van der Waals surface area contributed by atoms with Crippen LogP contribution in [0.25, 0.3) is 0 Å². The van der Waals surface area contributed by atoms with Crippen molar-refractivity contribution in [3.8, 4) is 5.75 Å². The van der Waals surface area contributed by atoms with Gasteiger partial charge in [0.15, 0.2) is 0 Å². The maximum absolute atomic E-state index is 13.6. The summed E-state index contributed by atoms with van der Waals surface area (Å²) in [5, 5.41) is 6.26. The summed E-state index contributed by atoms with van der Waals surface area (Å²) in [7, 11) is 1.62. The van der Waals surface area contributed by atoms with E-state index in [0.717, 1.165) is 28.2 Å². The van der Waals surface area contributed by atoms with Crippen molar-refractivity contribution in [1.29, 1.82) is 0 Å². The molecule has 0 aliphatic carbocycles. The molecule has 1 unspecified atom stereocenters. The van der Waals surface area contributed by atoms with E-state index >= 15 is 0 Å². The van der Waals surface area contributed by atoms with E-state index in [1.54, 1.807) is 30.4 Å². The van der Waals surface area contributed by atoms with E-state index in [4.69, 9.17) is 9.47 Å². The predicted octanol–water partition coefficient (Wildman–Crippen LogP) is 5.32. The zero-order valence-corrected chi connectivity index (χ0v) is 22.0. The molecule has 2 amide bonds. The van der Waals surface area contributed by atoms with E-state index in [1.165, 1.54) is 6.92 Å². The summed E-state index contributed by atoms with van der Waals surface area (Å²) in [4.78, 5) is 31.0. The lowest BCUT2D eigenvalue weighted by molar-refractivity contribution is -0.118. The van der Waals surface area contributed by atoms with Crippen LogP contribution in [0.3, 0.4) is 0 Å². The first kappa shape index (κ1) is 26.5. The van der Waals surface area contributed by atoms with Crippen LogP contribution in [-0.4, -0.2) is 28.8 Å². The van der Waals surface area contributed by atoms with E-state index < -0.39 is 6.17 Å². The Morgan fingerprint density at radius 3 is 2.61 bits per heavy atom. The van der Waals surface area contributed by atoms with Crippen molar-refractivity contribution in [3.05, 3.63) is 113 Å². The number of methoxy groups -OCH3 is 1. The van der Waals surface area contributed by atoms with Crippen molar-refractivity contribution in [2.24, 2.45) is 0 Å². The van der Waals surface area contributed by atoms with Crippen molar-refractivity contribution in [2.75, 3.05) is 12.4 Å². The molecular formula is C30H32N4O4. The quantitative estimate of drug-likeness (QED) is 0.298. The average Bonchev–Trinajstić information content (AvgIpc) is 2.92. The number of benzene rings is 2. The van der Waals surface area contributed by atoms with Crippen LogP contribution in [0.2, 0.25) is 0 Å². The van der Waals surface area contributed by atoms with Gasteiger partial charge >= 0.3 is 0 Å². The number of nitrogens with one attached hydrogen (secondary N) is 2. The minimum atomic E-state index is -0.413. The highest BCUT2D eigenvalue weighted by Crippen LogP contribution is 2.35. The van der Waals surface area contributed by atoms with Crippen molar-refractivity contribution in [3.63, 3.8) is 0 Å². The minimum absolute atomic E-state index is 0.0660. The number of para-hydroxylation sites is 1. The maximum Gasteiger partial charge on any atom is 0.258 e. The molecule has 3 aromatic rings. The molecule has 1 aliphatic rings. The molecule has 0 saturated carbocycles. The van der Waals surface area contributed by atoms with Crippen LogP contribution in [0.4, 0.5) is 5.69 Å². The molecule has 0 saturated heterocycles. The van der Waals surface area contributed by atoms with Gasteiger partial charge in [-0.2, -0.15) is 0 Å². The fourth-order valence-corrected chi connectivity index (χ4v) is 4.27. The molecule has 2 heterocycles. The Morgan fingerprint density at radius 2 is 1.87 bits per heavy atom. The van der Waals surface area contributed by atoms with Crippen LogP contribution in [0.5, 0.6) is 5.75 Å². The fraction of sp³-hybridized carbons (Fsp3) is 0.233. The van der Waals surface area contributed by atoms with Crippen LogP contribution in [0.1, 0.15) is 54.1 Å². The number of anilines is 1. The highest BCUT2D eigenvalue weighted by atomic mass is 16.5. The monoisotopic (exact) mass is 512 g/mol. The van der Waals surface area contributed by atoms with Crippen molar-refractivity contribution < 1.29 is 19.1 Å². The topological polar surface area (TPSA) is 92.8 Å². The number of amides is 2. The van der Waals surface area contributed by atoms with Gasteiger partial charge in [-0.15, -0.1) is 0 Å². The van der Waals surface area contributed by atoms with E-state index in [1.807, 2.05) is 74.5 Å². The zero-order chi connectivity index (χ0) is 27.1. The first-order valence-corrected chi connectivity index (χ1v) is 12.3. The summed E-state index contributed by atoms with van der Waals surface area (Å²) >= 11 is 0. The molecule has 0 radical (unpaired) electrons. The number of allylic oxidation sites excluding steroid dienone is 4. The second kappa shape index (κ2) is 12.1. The molecule has 1 aliphatic heterocycles. The maximum atomic E-state index is 13.6. The van der Waals surface area contributed by atoms with Crippen molar-refractivity contribution >= 4 is 17.5 Å². The molecule has 38 heavy (non-hydrogen) atoms. The molecule has 1 aromatic heterocycles. The molecular weight excluding hydrogens is 480 g/mol. The molecule has 2 N–H and O–H groups in total. The number of carbonyl (C=O) groups excluding carboxylic acids is 2. The van der Waals surface area contributed by atoms with Crippen LogP contribution >= 0.6 is 0 Å². The van der Waals surface area contributed by atoms with Gasteiger partial charge in [0.2, 0.25) is 5.91 Å². The lowest BCUT2D eigenvalue weighted by Crippen LogP contribution is -2.42. The van der Waals surface area contributed by atoms with Gasteiger partial charge in [-0.3, -0.25) is 14.6 Å². The van der Waals surface area contributed by atoms with Crippen LogP contribution < -0.4 is 15.4 Å². The first-order chi connectivity index (χ1) is 18.4. The van der Waals surface area contributed by atoms with Crippen LogP contribution in [-0.2, 0) is 22.7 Å². The Morgan fingerprint density at radius 1 is 1.08 bits per heavy atom. The molecule has 0 spiro atoms. The number of ether oxygens (including phenoxy) is 2. The van der Waals surface area contributed by atoms with Crippen molar-refractivity contribution in [2.45, 2.75) is 40.1 Å². The number of pyridine rings is 1. The van der Waals surface area contributed by atoms with Gasteiger partial charge in [0.05, 0.1) is 30.7 Å². The highest BCUT2D eigenvalue weighted by molar-refractivity contribution is 6.01. The van der Waals surface area contributed by atoms with Crippen molar-refractivity contribution in [1.82, 2.24) is 15.2 Å². The van der Waals surface area contributed by atoms with Crippen LogP contribution in [0, 0.1) is 0 Å². The van der Waals surface area contributed by atoms with E-state index in [2.05, 4.69) is 15.6 Å². The summed E-state index contributed by atoms with van der Waals surface area (Å²) in [6.45, 7) is 5.75. The molecule has 0 fully saturated rings. The Balaban J connectivity index is 1.61. The van der Waals surface area contributed by atoms with E-state index in [-0.39, 0.29) is 18.4 Å². The number of aromatic nitrogens is 1. The second-order valence-corrected chi connectivity index (χ2v) is 9.01. The number of hydrogen-bond acceptors (Lipinski definition) is 6. The summed E-state index contributed by atoms with van der Waals surface area (Å²) in [5.74, 6) is 1.18. The lowest BCUT2D eigenvalue weighted by Gasteiger charge is -2.38.